The highest BCUT2D eigenvalue weighted by molar-refractivity contribution is 6.32. The highest BCUT2D eigenvalue weighted by atomic mass is 35.5. The third-order valence-corrected chi connectivity index (χ3v) is 2.42. The molecular formula is C11H14ClN3O3. The zero-order chi connectivity index (χ0) is 13.7. The SMILES string of the molecule is CNC(=O)NC(=O)C(C)Oc1c(N)cccc1Cl. The Bertz CT molecular complexity index is 445. The van der Waals surface area contributed by atoms with E-state index in [0.29, 0.717) is 10.7 Å². The van der Waals surface area contributed by atoms with Gasteiger partial charge < -0.3 is 15.8 Å². The van der Waals surface area contributed by atoms with Gasteiger partial charge in [0.25, 0.3) is 5.91 Å². The molecule has 1 unspecified atom stereocenters. The number of carbonyl (C=O) groups excluding carboxylic acids is 2. The minimum absolute atomic E-state index is 0.221. The summed E-state index contributed by atoms with van der Waals surface area (Å²) in [6, 6.07) is 4.25. The average molecular weight is 272 g/mol. The molecule has 0 aliphatic rings. The molecule has 98 valence electrons. The zero-order valence-corrected chi connectivity index (χ0v) is 10.7. The van der Waals surface area contributed by atoms with E-state index in [1.807, 2.05) is 0 Å². The Morgan fingerprint density at radius 1 is 1.44 bits per heavy atom. The Morgan fingerprint density at radius 3 is 2.67 bits per heavy atom. The molecule has 7 heteroatoms. The molecule has 0 radical (unpaired) electrons. The maximum atomic E-state index is 11.6. The van der Waals surface area contributed by atoms with Crippen LogP contribution in [0.2, 0.25) is 5.02 Å². The number of rotatable bonds is 3. The van der Waals surface area contributed by atoms with Crippen molar-refractivity contribution in [1.82, 2.24) is 10.6 Å². The van der Waals surface area contributed by atoms with Gasteiger partial charge in [-0.05, 0) is 19.1 Å². The van der Waals surface area contributed by atoms with E-state index in [0.717, 1.165) is 0 Å². The number of para-hydroxylation sites is 1. The largest absolute Gasteiger partial charge is 0.477 e. The van der Waals surface area contributed by atoms with Crippen LogP contribution >= 0.6 is 11.6 Å². The minimum Gasteiger partial charge on any atom is -0.477 e. The van der Waals surface area contributed by atoms with Crippen molar-refractivity contribution >= 4 is 29.2 Å². The number of halogens is 1. The van der Waals surface area contributed by atoms with Gasteiger partial charge >= 0.3 is 6.03 Å². The summed E-state index contributed by atoms with van der Waals surface area (Å²) in [4.78, 5) is 22.5. The van der Waals surface area contributed by atoms with Crippen LogP contribution < -0.4 is 21.1 Å². The van der Waals surface area contributed by atoms with E-state index in [4.69, 9.17) is 22.1 Å². The van der Waals surface area contributed by atoms with Gasteiger partial charge in [0.1, 0.15) is 0 Å². The molecule has 18 heavy (non-hydrogen) atoms. The number of amides is 3. The highest BCUT2D eigenvalue weighted by Gasteiger charge is 2.19. The van der Waals surface area contributed by atoms with Gasteiger partial charge in [0.05, 0.1) is 10.7 Å². The predicted molar refractivity (Wildman–Crippen MR) is 68.6 cm³/mol. The van der Waals surface area contributed by atoms with Crippen molar-refractivity contribution in [1.29, 1.82) is 0 Å². The van der Waals surface area contributed by atoms with E-state index in [1.54, 1.807) is 18.2 Å². The lowest BCUT2D eigenvalue weighted by Crippen LogP contribution is -2.44. The summed E-state index contributed by atoms with van der Waals surface area (Å²) in [5.41, 5.74) is 6.00. The monoisotopic (exact) mass is 271 g/mol. The Kier molecular flexibility index (Phi) is 4.79. The molecule has 0 saturated heterocycles. The fourth-order valence-corrected chi connectivity index (χ4v) is 1.38. The van der Waals surface area contributed by atoms with Crippen molar-refractivity contribution in [2.24, 2.45) is 0 Å². The van der Waals surface area contributed by atoms with Crippen molar-refractivity contribution in [3.8, 4) is 5.75 Å². The van der Waals surface area contributed by atoms with Gasteiger partial charge in [0.2, 0.25) is 0 Å². The molecule has 1 rings (SSSR count). The molecule has 1 atom stereocenters. The maximum Gasteiger partial charge on any atom is 0.321 e. The smallest absolute Gasteiger partial charge is 0.321 e. The van der Waals surface area contributed by atoms with Crippen LogP contribution in [0.15, 0.2) is 18.2 Å². The van der Waals surface area contributed by atoms with E-state index in [9.17, 15) is 9.59 Å². The normalized spacial score (nSPS) is 11.5. The van der Waals surface area contributed by atoms with Crippen LogP contribution in [0.3, 0.4) is 0 Å². The van der Waals surface area contributed by atoms with E-state index in [-0.39, 0.29) is 5.75 Å². The second-order valence-electron chi connectivity index (χ2n) is 3.49. The molecule has 0 aromatic heterocycles. The molecule has 1 aromatic carbocycles. The van der Waals surface area contributed by atoms with Gasteiger partial charge in [-0.25, -0.2) is 4.79 Å². The van der Waals surface area contributed by atoms with E-state index < -0.39 is 18.0 Å². The van der Waals surface area contributed by atoms with Gasteiger partial charge in [-0.3, -0.25) is 10.1 Å². The first kappa shape index (κ1) is 14.1. The number of imide groups is 1. The number of nitrogen functional groups attached to an aromatic ring is 1. The Morgan fingerprint density at radius 2 is 2.11 bits per heavy atom. The Hall–Kier alpha value is -1.95. The van der Waals surface area contributed by atoms with E-state index in [1.165, 1.54) is 14.0 Å². The molecule has 1 aromatic rings. The summed E-state index contributed by atoms with van der Waals surface area (Å²) in [6.07, 6.45) is -0.899. The Balaban J connectivity index is 2.72. The summed E-state index contributed by atoms with van der Waals surface area (Å²) in [6.45, 7) is 1.49. The quantitative estimate of drug-likeness (QED) is 0.719. The molecule has 0 aliphatic heterocycles. The number of carbonyl (C=O) groups is 2. The first-order valence-electron chi connectivity index (χ1n) is 5.19. The number of nitrogens with one attached hydrogen (secondary N) is 2. The van der Waals surface area contributed by atoms with Crippen molar-refractivity contribution in [2.45, 2.75) is 13.0 Å². The van der Waals surface area contributed by atoms with E-state index in [2.05, 4.69) is 10.6 Å². The average Bonchev–Trinajstić information content (AvgIpc) is 2.33. The number of ether oxygens (including phenoxy) is 1. The molecule has 0 spiro atoms. The molecule has 0 heterocycles. The van der Waals surface area contributed by atoms with Crippen LogP contribution in [-0.4, -0.2) is 25.1 Å². The lowest BCUT2D eigenvalue weighted by Gasteiger charge is -2.16. The fraction of sp³-hybridized carbons (Fsp3) is 0.273. The predicted octanol–water partition coefficient (Wildman–Crippen LogP) is 1.15. The minimum atomic E-state index is -0.899. The van der Waals surface area contributed by atoms with Gasteiger partial charge in [-0.2, -0.15) is 0 Å². The number of hydrogen-bond acceptors (Lipinski definition) is 4. The maximum absolute atomic E-state index is 11.6. The van der Waals surface area contributed by atoms with Gasteiger partial charge in [-0.1, -0.05) is 17.7 Å². The lowest BCUT2D eigenvalue weighted by molar-refractivity contribution is -0.126. The van der Waals surface area contributed by atoms with Crippen LogP contribution in [0.4, 0.5) is 10.5 Å². The first-order chi connectivity index (χ1) is 8.45. The second kappa shape index (κ2) is 6.11. The summed E-state index contributed by atoms with van der Waals surface area (Å²) in [5, 5.41) is 4.65. The first-order valence-corrected chi connectivity index (χ1v) is 5.56. The van der Waals surface area contributed by atoms with Crippen molar-refractivity contribution in [3.63, 3.8) is 0 Å². The summed E-state index contributed by atoms with van der Waals surface area (Å²) in [5.74, 6) is -0.368. The van der Waals surface area contributed by atoms with Crippen LogP contribution in [0.1, 0.15) is 6.92 Å². The van der Waals surface area contributed by atoms with Crippen molar-refractivity contribution < 1.29 is 14.3 Å². The van der Waals surface area contributed by atoms with Crippen molar-refractivity contribution in [2.75, 3.05) is 12.8 Å². The van der Waals surface area contributed by atoms with Crippen LogP contribution in [-0.2, 0) is 4.79 Å². The molecule has 0 aliphatic carbocycles. The molecule has 0 fully saturated rings. The van der Waals surface area contributed by atoms with Crippen LogP contribution in [0, 0.1) is 0 Å². The van der Waals surface area contributed by atoms with Crippen LogP contribution in [0.5, 0.6) is 5.75 Å². The summed E-state index contributed by atoms with van der Waals surface area (Å²) in [7, 11) is 1.40. The summed E-state index contributed by atoms with van der Waals surface area (Å²) >= 11 is 5.90. The fourth-order valence-electron chi connectivity index (χ4n) is 1.16. The number of anilines is 1. The van der Waals surface area contributed by atoms with Gasteiger partial charge in [0, 0.05) is 7.05 Å². The molecule has 0 bridgehead atoms. The van der Waals surface area contributed by atoms with Crippen molar-refractivity contribution in [3.05, 3.63) is 23.2 Å². The third-order valence-electron chi connectivity index (χ3n) is 2.13. The zero-order valence-electron chi connectivity index (χ0n) is 9.99. The number of nitrogens with two attached hydrogens (primary N) is 1. The number of benzene rings is 1. The highest BCUT2D eigenvalue weighted by Crippen LogP contribution is 2.31. The molecule has 0 saturated carbocycles. The van der Waals surface area contributed by atoms with Crippen LogP contribution in [0.25, 0.3) is 0 Å². The number of hydrogen-bond donors (Lipinski definition) is 3. The molecule has 4 N–H and O–H groups in total. The second-order valence-corrected chi connectivity index (χ2v) is 3.89. The standard InChI is InChI=1S/C11H14ClN3O3/c1-6(10(16)15-11(17)14-2)18-9-7(12)4-3-5-8(9)13/h3-6H,13H2,1-2H3,(H2,14,15,16,17). The van der Waals surface area contributed by atoms with Gasteiger partial charge in [0.15, 0.2) is 11.9 Å². The summed E-state index contributed by atoms with van der Waals surface area (Å²) < 4.78 is 5.33. The Labute approximate surface area is 109 Å². The van der Waals surface area contributed by atoms with E-state index >= 15 is 0 Å². The number of urea groups is 1. The lowest BCUT2D eigenvalue weighted by atomic mass is 10.3. The molecule has 3 amide bonds. The topological polar surface area (TPSA) is 93.5 Å². The third kappa shape index (κ3) is 3.53. The van der Waals surface area contributed by atoms with Gasteiger partial charge in [-0.15, -0.1) is 0 Å². The molecular weight excluding hydrogens is 258 g/mol. The molecule has 6 nitrogen and oxygen atoms in total.